The molecule has 0 aromatic heterocycles. The average molecular weight is 163 g/mol. The van der Waals surface area contributed by atoms with Crippen LogP contribution in [0.2, 0.25) is 0 Å². The molecule has 2 heteroatoms. The van der Waals surface area contributed by atoms with Crippen LogP contribution >= 0.6 is 0 Å². The summed E-state index contributed by atoms with van der Waals surface area (Å²) in [5.74, 6) is 0. The molecule has 1 aromatic carbocycles. The monoisotopic (exact) mass is 163 g/mol. The first-order valence-electron chi connectivity index (χ1n) is 4.22. The highest BCUT2D eigenvalue weighted by Crippen LogP contribution is 2.39. The van der Waals surface area contributed by atoms with E-state index < -0.39 is 0 Å². The molecule has 1 aliphatic carbocycles. The summed E-state index contributed by atoms with van der Waals surface area (Å²) in [5.41, 5.74) is 8.07. The Kier molecular flexibility index (Phi) is 1.67. The molecule has 0 radical (unpaired) electrons. The Bertz CT molecular complexity index is 292. The first-order chi connectivity index (χ1) is 5.82. The van der Waals surface area contributed by atoms with Crippen molar-refractivity contribution in [3.05, 3.63) is 35.4 Å². The standard InChI is InChI=1S/C10H13NO/c11-6-10(7-12)5-8-3-1-2-4-9(8)10/h1-4,12H,5-7,11H2. The third-order valence-electron chi connectivity index (χ3n) is 2.81. The Morgan fingerprint density at radius 2 is 2.17 bits per heavy atom. The van der Waals surface area contributed by atoms with Crippen LogP contribution in [-0.2, 0) is 11.8 Å². The number of benzene rings is 1. The summed E-state index contributed by atoms with van der Waals surface area (Å²) in [6, 6.07) is 8.18. The summed E-state index contributed by atoms with van der Waals surface area (Å²) in [4.78, 5) is 0. The summed E-state index contributed by atoms with van der Waals surface area (Å²) in [5, 5.41) is 9.20. The maximum atomic E-state index is 9.20. The topological polar surface area (TPSA) is 46.2 Å². The number of hydrogen-bond acceptors (Lipinski definition) is 2. The molecule has 3 N–H and O–H groups in total. The Hall–Kier alpha value is -0.860. The normalized spacial score (nSPS) is 26.2. The van der Waals surface area contributed by atoms with Crippen LogP contribution in [0.15, 0.2) is 24.3 Å². The lowest BCUT2D eigenvalue weighted by Crippen LogP contribution is -2.48. The summed E-state index contributed by atoms with van der Waals surface area (Å²) in [6.45, 7) is 0.709. The van der Waals surface area contributed by atoms with Gasteiger partial charge in [0.05, 0.1) is 6.61 Å². The molecule has 0 spiro atoms. The SMILES string of the molecule is NCC1(CO)Cc2ccccc21. The van der Waals surface area contributed by atoms with E-state index in [1.165, 1.54) is 11.1 Å². The van der Waals surface area contributed by atoms with Gasteiger partial charge >= 0.3 is 0 Å². The van der Waals surface area contributed by atoms with Gasteiger partial charge in [0.15, 0.2) is 0 Å². The molecule has 0 heterocycles. The number of fused-ring (bicyclic) bond motifs is 1. The van der Waals surface area contributed by atoms with Crippen molar-refractivity contribution in [2.75, 3.05) is 13.2 Å². The molecular weight excluding hydrogens is 150 g/mol. The van der Waals surface area contributed by atoms with Crippen LogP contribution in [-0.4, -0.2) is 18.3 Å². The fourth-order valence-electron chi connectivity index (χ4n) is 1.93. The summed E-state index contributed by atoms with van der Waals surface area (Å²) in [6.07, 6.45) is 0.927. The molecule has 2 rings (SSSR count). The van der Waals surface area contributed by atoms with Crippen LogP contribution in [0.3, 0.4) is 0 Å². The third-order valence-corrected chi connectivity index (χ3v) is 2.81. The predicted molar refractivity (Wildman–Crippen MR) is 48.0 cm³/mol. The second-order valence-electron chi connectivity index (χ2n) is 3.48. The molecule has 0 saturated carbocycles. The van der Waals surface area contributed by atoms with Crippen molar-refractivity contribution in [1.29, 1.82) is 0 Å². The Morgan fingerprint density at radius 1 is 1.42 bits per heavy atom. The zero-order chi connectivity index (χ0) is 8.60. The number of aliphatic hydroxyl groups excluding tert-OH is 1. The second kappa shape index (κ2) is 2.57. The molecule has 2 nitrogen and oxygen atoms in total. The Morgan fingerprint density at radius 3 is 2.75 bits per heavy atom. The van der Waals surface area contributed by atoms with Crippen LogP contribution in [0.5, 0.6) is 0 Å². The maximum absolute atomic E-state index is 9.20. The van der Waals surface area contributed by atoms with Crippen molar-refractivity contribution in [2.24, 2.45) is 5.73 Å². The Balaban J connectivity index is 2.39. The van der Waals surface area contributed by atoms with E-state index >= 15 is 0 Å². The zero-order valence-corrected chi connectivity index (χ0v) is 6.96. The van der Waals surface area contributed by atoms with Crippen molar-refractivity contribution in [1.82, 2.24) is 0 Å². The van der Waals surface area contributed by atoms with Gasteiger partial charge in [-0.1, -0.05) is 24.3 Å². The van der Waals surface area contributed by atoms with Gasteiger partial charge < -0.3 is 10.8 Å². The summed E-state index contributed by atoms with van der Waals surface area (Å²) >= 11 is 0. The average Bonchev–Trinajstić information content (AvgIpc) is 2.09. The van der Waals surface area contributed by atoms with E-state index in [2.05, 4.69) is 12.1 Å². The molecule has 0 bridgehead atoms. The first kappa shape index (κ1) is 7.77. The fraction of sp³-hybridized carbons (Fsp3) is 0.400. The van der Waals surface area contributed by atoms with Crippen LogP contribution in [0.1, 0.15) is 11.1 Å². The number of hydrogen-bond donors (Lipinski definition) is 2. The number of rotatable bonds is 2. The highest BCUT2D eigenvalue weighted by Gasteiger charge is 2.40. The van der Waals surface area contributed by atoms with E-state index in [1.807, 2.05) is 12.1 Å². The largest absolute Gasteiger partial charge is 0.395 e. The van der Waals surface area contributed by atoms with Gasteiger partial charge in [0.2, 0.25) is 0 Å². The molecule has 1 aliphatic rings. The minimum atomic E-state index is -0.128. The van der Waals surface area contributed by atoms with Crippen molar-refractivity contribution < 1.29 is 5.11 Å². The quantitative estimate of drug-likeness (QED) is 0.664. The van der Waals surface area contributed by atoms with E-state index in [0.29, 0.717) is 6.54 Å². The molecule has 1 unspecified atom stereocenters. The van der Waals surface area contributed by atoms with E-state index in [0.717, 1.165) is 6.42 Å². The van der Waals surface area contributed by atoms with Crippen molar-refractivity contribution >= 4 is 0 Å². The van der Waals surface area contributed by atoms with Crippen LogP contribution in [0.4, 0.5) is 0 Å². The summed E-state index contributed by atoms with van der Waals surface area (Å²) < 4.78 is 0. The van der Waals surface area contributed by atoms with Gasteiger partial charge in [-0.2, -0.15) is 0 Å². The zero-order valence-electron chi connectivity index (χ0n) is 6.96. The first-order valence-corrected chi connectivity index (χ1v) is 4.22. The van der Waals surface area contributed by atoms with Crippen molar-refractivity contribution in [3.8, 4) is 0 Å². The molecule has 64 valence electrons. The Labute approximate surface area is 72.0 Å². The van der Waals surface area contributed by atoms with Gasteiger partial charge in [-0.15, -0.1) is 0 Å². The molecule has 0 fully saturated rings. The predicted octanol–water partition coefficient (Wildman–Crippen LogP) is 0.431. The molecule has 0 aliphatic heterocycles. The van der Waals surface area contributed by atoms with E-state index in [4.69, 9.17) is 5.73 Å². The fourth-order valence-corrected chi connectivity index (χ4v) is 1.93. The molecule has 12 heavy (non-hydrogen) atoms. The van der Waals surface area contributed by atoms with Gasteiger partial charge in [0, 0.05) is 12.0 Å². The van der Waals surface area contributed by atoms with E-state index in [-0.39, 0.29) is 12.0 Å². The van der Waals surface area contributed by atoms with Crippen molar-refractivity contribution in [3.63, 3.8) is 0 Å². The highest BCUT2D eigenvalue weighted by molar-refractivity contribution is 5.45. The van der Waals surface area contributed by atoms with Gasteiger partial charge in [0.25, 0.3) is 0 Å². The molecule has 1 atom stereocenters. The minimum absolute atomic E-state index is 0.128. The molecular formula is C10H13NO. The lowest BCUT2D eigenvalue weighted by Gasteiger charge is -2.41. The van der Waals surface area contributed by atoms with Gasteiger partial charge in [-0.05, 0) is 17.5 Å². The maximum Gasteiger partial charge on any atom is 0.0543 e. The molecule has 0 saturated heterocycles. The molecule has 1 aromatic rings. The lowest BCUT2D eigenvalue weighted by molar-refractivity contribution is 0.177. The minimum Gasteiger partial charge on any atom is -0.395 e. The lowest BCUT2D eigenvalue weighted by atomic mass is 9.64. The smallest absolute Gasteiger partial charge is 0.0543 e. The van der Waals surface area contributed by atoms with E-state index in [9.17, 15) is 5.11 Å². The van der Waals surface area contributed by atoms with Crippen LogP contribution in [0.25, 0.3) is 0 Å². The van der Waals surface area contributed by atoms with Crippen molar-refractivity contribution in [2.45, 2.75) is 11.8 Å². The highest BCUT2D eigenvalue weighted by atomic mass is 16.3. The van der Waals surface area contributed by atoms with E-state index in [1.54, 1.807) is 0 Å². The third kappa shape index (κ3) is 0.822. The molecule has 0 amide bonds. The second-order valence-corrected chi connectivity index (χ2v) is 3.48. The van der Waals surface area contributed by atoms with Crippen LogP contribution < -0.4 is 5.73 Å². The van der Waals surface area contributed by atoms with Gasteiger partial charge in [-0.3, -0.25) is 0 Å². The van der Waals surface area contributed by atoms with Gasteiger partial charge in [-0.25, -0.2) is 0 Å². The number of nitrogens with two attached hydrogens (primary N) is 1. The summed E-state index contributed by atoms with van der Waals surface area (Å²) in [7, 11) is 0. The van der Waals surface area contributed by atoms with Gasteiger partial charge in [0.1, 0.15) is 0 Å². The van der Waals surface area contributed by atoms with Crippen LogP contribution in [0, 0.1) is 0 Å². The number of aliphatic hydroxyl groups is 1.